The lowest BCUT2D eigenvalue weighted by molar-refractivity contribution is 0.351. The molecule has 21 heavy (non-hydrogen) atoms. The summed E-state index contributed by atoms with van der Waals surface area (Å²) in [5.74, 6) is 6.80. The summed E-state index contributed by atoms with van der Waals surface area (Å²) in [5.41, 5.74) is 6.73. The molecule has 1 heterocycles. The molecule has 0 aliphatic carbocycles. The number of hydrazine groups is 1. The number of fused-ring (bicyclic) bond motifs is 1. The summed E-state index contributed by atoms with van der Waals surface area (Å²) in [6.07, 6.45) is 2.74. The lowest BCUT2D eigenvalue weighted by Gasteiger charge is -2.18. The van der Waals surface area contributed by atoms with E-state index in [-0.39, 0.29) is 6.04 Å². The lowest BCUT2D eigenvalue weighted by atomic mass is 9.97. The number of benzene rings is 2. The minimum Gasteiger partial charge on any atom is -0.493 e. The third-order valence-electron chi connectivity index (χ3n) is 3.85. The zero-order chi connectivity index (χ0) is 14.7. The topological polar surface area (TPSA) is 47.3 Å². The van der Waals surface area contributed by atoms with Crippen molar-refractivity contribution in [1.29, 1.82) is 0 Å². The predicted octanol–water partition coefficient (Wildman–Crippen LogP) is 3.00. The number of nitrogens with one attached hydrogen (secondary N) is 1. The van der Waals surface area contributed by atoms with E-state index in [2.05, 4.69) is 57.8 Å². The van der Waals surface area contributed by atoms with Crippen LogP contribution < -0.4 is 16.0 Å². The van der Waals surface area contributed by atoms with Crippen molar-refractivity contribution in [2.24, 2.45) is 5.84 Å². The smallest absolute Gasteiger partial charge is 0.125 e. The van der Waals surface area contributed by atoms with Gasteiger partial charge in [-0.15, -0.1) is 0 Å². The van der Waals surface area contributed by atoms with Crippen molar-refractivity contribution >= 4 is 15.9 Å². The fourth-order valence-corrected chi connectivity index (χ4v) is 3.40. The molecule has 3 nitrogen and oxygen atoms in total. The SMILES string of the molecule is NNC(Cc1ccccc1)Cc1cc(Br)cc2c1OCC2. The van der Waals surface area contributed by atoms with Crippen molar-refractivity contribution in [2.45, 2.75) is 25.3 Å². The molecular formula is C17H19BrN2O. The normalized spacial score (nSPS) is 14.6. The molecule has 3 N–H and O–H groups in total. The Labute approximate surface area is 133 Å². The van der Waals surface area contributed by atoms with Crippen LogP contribution in [0.2, 0.25) is 0 Å². The maximum atomic E-state index is 5.79. The Bertz CT molecular complexity index is 616. The largest absolute Gasteiger partial charge is 0.493 e. The van der Waals surface area contributed by atoms with Crippen LogP contribution in [0.4, 0.5) is 0 Å². The van der Waals surface area contributed by atoms with E-state index in [1.165, 1.54) is 16.7 Å². The molecule has 1 aliphatic heterocycles. The molecule has 0 saturated heterocycles. The summed E-state index contributed by atoms with van der Waals surface area (Å²) < 4.78 is 6.90. The third-order valence-corrected chi connectivity index (χ3v) is 4.31. The van der Waals surface area contributed by atoms with Crippen LogP contribution in [0, 0.1) is 0 Å². The van der Waals surface area contributed by atoms with E-state index >= 15 is 0 Å². The molecule has 0 radical (unpaired) electrons. The number of rotatable bonds is 5. The molecule has 0 aromatic heterocycles. The second-order valence-electron chi connectivity index (χ2n) is 5.41. The molecule has 0 saturated carbocycles. The van der Waals surface area contributed by atoms with Gasteiger partial charge in [0.2, 0.25) is 0 Å². The maximum absolute atomic E-state index is 5.79. The highest BCUT2D eigenvalue weighted by Crippen LogP contribution is 2.33. The van der Waals surface area contributed by atoms with Crippen molar-refractivity contribution in [3.8, 4) is 5.75 Å². The molecule has 0 bridgehead atoms. The minimum absolute atomic E-state index is 0.190. The summed E-state index contributed by atoms with van der Waals surface area (Å²) in [4.78, 5) is 0. The predicted molar refractivity (Wildman–Crippen MR) is 88.3 cm³/mol. The van der Waals surface area contributed by atoms with Crippen molar-refractivity contribution in [1.82, 2.24) is 5.43 Å². The van der Waals surface area contributed by atoms with Gasteiger partial charge in [-0.25, -0.2) is 0 Å². The van der Waals surface area contributed by atoms with E-state index in [1.54, 1.807) is 0 Å². The average Bonchev–Trinajstić information content (AvgIpc) is 2.96. The summed E-state index contributed by atoms with van der Waals surface area (Å²) in [6, 6.07) is 14.9. The fraction of sp³-hybridized carbons (Fsp3) is 0.294. The molecule has 0 amide bonds. The molecule has 110 valence electrons. The standard InChI is InChI=1S/C17H19BrN2O/c18-15-9-13-6-7-21-17(13)14(10-15)11-16(20-19)8-12-4-2-1-3-5-12/h1-5,9-10,16,20H,6-8,11,19H2. The van der Waals surface area contributed by atoms with Gasteiger partial charge in [0.1, 0.15) is 5.75 Å². The van der Waals surface area contributed by atoms with Gasteiger partial charge in [0.05, 0.1) is 6.61 Å². The number of nitrogens with two attached hydrogens (primary N) is 1. The molecule has 4 heteroatoms. The summed E-state index contributed by atoms with van der Waals surface area (Å²) in [5, 5.41) is 0. The van der Waals surface area contributed by atoms with Gasteiger partial charge < -0.3 is 4.74 Å². The van der Waals surface area contributed by atoms with Crippen LogP contribution in [-0.4, -0.2) is 12.6 Å². The minimum atomic E-state index is 0.190. The van der Waals surface area contributed by atoms with Crippen molar-refractivity contribution in [3.05, 3.63) is 63.6 Å². The van der Waals surface area contributed by atoms with E-state index in [9.17, 15) is 0 Å². The third kappa shape index (κ3) is 3.46. The Kier molecular flexibility index (Phi) is 4.58. The second kappa shape index (κ2) is 6.60. The Balaban J connectivity index is 1.78. The maximum Gasteiger partial charge on any atom is 0.125 e. The summed E-state index contributed by atoms with van der Waals surface area (Å²) in [6.45, 7) is 0.776. The Hall–Kier alpha value is -1.36. The van der Waals surface area contributed by atoms with Crippen LogP contribution in [-0.2, 0) is 19.3 Å². The number of ether oxygens (including phenoxy) is 1. The van der Waals surface area contributed by atoms with Gasteiger partial charge in [-0.3, -0.25) is 11.3 Å². The van der Waals surface area contributed by atoms with Crippen LogP contribution in [0.15, 0.2) is 46.9 Å². The first-order valence-corrected chi connectivity index (χ1v) is 7.99. The molecule has 0 spiro atoms. The Morgan fingerprint density at radius 1 is 1.19 bits per heavy atom. The molecule has 2 aromatic carbocycles. The first kappa shape index (κ1) is 14.6. The van der Waals surface area contributed by atoms with Crippen LogP contribution >= 0.6 is 15.9 Å². The first-order valence-electron chi connectivity index (χ1n) is 7.20. The summed E-state index contributed by atoms with van der Waals surface area (Å²) >= 11 is 3.59. The Morgan fingerprint density at radius 2 is 2.00 bits per heavy atom. The highest BCUT2D eigenvalue weighted by atomic mass is 79.9. The first-order chi connectivity index (χ1) is 10.3. The van der Waals surface area contributed by atoms with Crippen molar-refractivity contribution < 1.29 is 4.74 Å². The second-order valence-corrected chi connectivity index (χ2v) is 6.32. The van der Waals surface area contributed by atoms with Crippen LogP contribution in [0.3, 0.4) is 0 Å². The quantitative estimate of drug-likeness (QED) is 0.646. The summed E-state index contributed by atoms with van der Waals surface area (Å²) in [7, 11) is 0. The van der Waals surface area contributed by atoms with E-state index < -0.39 is 0 Å². The van der Waals surface area contributed by atoms with Crippen LogP contribution in [0.25, 0.3) is 0 Å². The molecule has 0 fully saturated rings. The van der Waals surface area contributed by atoms with Gasteiger partial charge in [-0.2, -0.15) is 0 Å². The average molecular weight is 347 g/mol. The molecular weight excluding hydrogens is 328 g/mol. The van der Waals surface area contributed by atoms with E-state index in [4.69, 9.17) is 10.6 Å². The van der Waals surface area contributed by atoms with Gasteiger partial charge in [-0.05, 0) is 41.7 Å². The highest BCUT2D eigenvalue weighted by molar-refractivity contribution is 9.10. The van der Waals surface area contributed by atoms with Gasteiger partial charge in [0, 0.05) is 16.9 Å². The van der Waals surface area contributed by atoms with Gasteiger partial charge in [0.15, 0.2) is 0 Å². The van der Waals surface area contributed by atoms with E-state index in [0.717, 1.165) is 36.1 Å². The van der Waals surface area contributed by atoms with Crippen LogP contribution in [0.5, 0.6) is 5.75 Å². The Morgan fingerprint density at radius 3 is 2.76 bits per heavy atom. The van der Waals surface area contributed by atoms with E-state index in [0.29, 0.717) is 0 Å². The zero-order valence-corrected chi connectivity index (χ0v) is 13.4. The highest BCUT2D eigenvalue weighted by Gasteiger charge is 2.20. The van der Waals surface area contributed by atoms with Crippen molar-refractivity contribution in [2.75, 3.05) is 6.61 Å². The number of hydrogen-bond donors (Lipinski definition) is 2. The monoisotopic (exact) mass is 346 g/mol. The lowest BCUT2D eigenvalue weighted by Crippen LogP contribution is -2.38. The van der Waals surface area contributed by atoms with Gasteiger partial charge in [-0.1, -0.05) is 46.3 Å². The molecule has 1 aliphatic rings. The zero-order valence-electron chi connectivity index (χ0n) is 11.8. The molecule has 2 aromatic rings. The number of hydrogen-bond acceptors (Lipinski definition) is 3. The molecule has 1 atom stereocenters. The van der Waals surface area contributed by atoms with Crippen LogP contribution in [0.1, 0.15) is 16.7 Å². The number of halogens is 1. The molecule has 3 rings (SSSR count). The van der Waals surface area contributed by atoms with Crippen molar-refractivity contribution in [3.63, 3.8) is 0 Å². The fourth-order valence-electron chi connectivity index (χ4n) is 2.85. The van der Waals surface area contributed by atoms with Gasteiger partial charge >= 0.3 is 0 Å². The van der Waals surface area contributed by atoms with Gasteiger partial charge in [0.25, 0.3) is 0 Å². The van der Waals surface area contributed by atoms with E-state index in [1.807, 2.05) is 6.07 Å². The molecule has 1 unspecified atom stereocenters.